The predicted octanol–water partition coefficient (Wildman–Crippen LogP) is 0.515. The monoisotopic (exact) mass is 268 g/mol. The molecule has 19 heavy (non-hydrogen) atoms. The maximum absolute atomic E-state index is 10.8. The van der Waals surface area contributed by atoms with E-state index in [-0.39, 0.29) is 30.1 Å². The maximum Gasteiger partial charge on any atom is 0.275 e. The lowest BCUT2D eigenvalue weighted by Crippen LogP contribution is -2.27. The number of nitrogens with one attached hydrogen (secondary N) is 1. The summed E-state index contributed by atoms with van der Waals surface area (Å²) >= 11 is 0. The van der Waals surface area contributed by atoms with Gasteiger partial charge in [-0.2, -0.15) is 0 Å². The van der Waals surface area contributed by atoms with Crippen LogP contribution in [0.15, 0.2) is 24.3 Å². The lowest BCUT2D eigenvalue weighted by molar-refractivity contribution is -0.386. The smallest absolute Gasteiger partial charge is 0.275 e. The van der Waals surface area contributed by atoms with Crippen molar-refractivity contribution in [2.75, 3.05) is 6.54 Å². The van der Waals surface area contributed by atoms with Gasteiger partial charge in [0.1, 0.15) is 6.10 Å². The summed E-state index contributed by atoms with van der Waals surface area (Å²) in [6, 6.07) is 5.69. The summed E-state index contributed by atoms with van der Waals surface area (Å²) in [5.74, 6) is -0.243. The second-order valence-electron chi connectivity index (χ2n) is 4.10. The predicted molar refractivity (Wildman–Crippen MR) is 67.4 cm³/mol. The van der Waals surface area contributed by atoms with Gasteiger partial charge in [0.05, 0.1) is 16.6 Å². The molecule has 0 aromatic heterocycles. The molecule has 7 heteroatoms. The van der Waals surface area contributed by atoms with E-state index in [9.17, 15) is 25.1 Å². The molecule has 2 unspecified atom stereocenters. The number of aliphatic hydroxyl groups excluding tert-OH is 2. The molecule has 0 saturated carbocycles. The Kier molecular flexibility index (Phi) is 5.40. The fraction of sp³-hybridized carbons (Fsp3) is 0.417. The van der Waals surface area contributed by atoms with Gasteiger partial charge < -0.3 is 15.5 Å². The highest BCUT2D eigenvalue weighted by Crippen LogP contribution is 2.27. The number of para-hydroxylation sites is 1. The van der Waals surface area contributed by atoms with Crippen LogP contribution in [0.3, 0.4) is 0 Å². The first kappa shape index (κ1) is 15.1. The highest BCUT2D eigenvalue weighted by Gasteiger charge is 2.25. The van der Waals surface area contributed by atoms with E-state index in [0.717, 1.165) is 0 Å². The highest BCUT2D eigenvalue weighted by molar-refractivity contribution is 5.72. The number of nitro groups is 1. The van der Waals surface area contributed by atoms with Crippen molar-refractivity contribution in [3.05, 3.63) is 39.9 Å². The average molecular weight is 268 g/mol. The van der Waals surface area contributed by atoms with E-state index in [0.29, 0.717) is 0 Å². The molecular formula is C12H16N2O5. The molecule has 104 valence electrons. The summed E-state index contributed by atoms with van der Waals surface area (Å²) in [6.07, 6.45) is -2.45. The van der Waals surface area contributed by atoms with E-state index >= 15 is 0 Å². The van der Waals surface area contributed by atoms with Crippen LogP contribution in [0.4, 0.5) is 5.69 Å². The summed E-state index contributed by atoms with van der Waals surface area (Å²) in [4.78, 5) is 20.9. The second-order valence-corrected chi connectivity index (χ2v) is 4.10. The molecule has 0 aliphatic carbocycles. The molecule has 1 aromatic rings. The molecular weight excluding hydrogens is 252 g/mol. The third-order valence-electron chi connectivity index (χ3n) is 2.63. The number of hydrogen-bond acceptors (Lipinski definition) is 5. The van der Waals surface area contributed by atoms with E-state index in [1.165, 1.54) is 25.1 Å². The molecule has 0 aliphatic rings. The molecule has 0 heterocycles. The molecule has 1 rings (SSSR count). The summed E-state index contributed by atoms with van der Waals surface area (Å²) in [6.45, 7) is 1.53. The van der Waals surface area contributed by atoms with Gasteiger partial charge in [-0.15, -0.1) is 0 Å². The average Bonchev–Trinajstić information content (AvgIpc) is 2.37. The number of carbonyl (C=O) groups excluding carboxylic acids is 1. The number of hydrogen-bond donors (Lipinski definition) is 3. The Hall–Kier alpha value is -1.99. The summed E-state index contributed by atoms with van der Waals surface area (Å²) in [5.41, 5.74) is -0.184. The van der Waals surface area contributed by atoms with Gasteiger partial charge in [-0.25, -0.2) is 0 Å². The van der Waals surface area contributed by atoms with Crippen molar-refractivity contribution in [3.63, 3.8) is 0 Å². The third-order valence-corrected chi connectivity index (χ3v) is 2.63. The zero-order valence-electron chi connectivity index (χ0n) is 10.4. The Labute approximate surface area is 110 Å². The minimum atomic E-state index is -1.37. The van der Waals surface area contributed by atoms with Gasteiger partial charge in [-0.05, 0) is 12.5 Å². The topological polar surface area (TPSA) is 113 Å². The normalized spacial score (nSPS) is 13.6. The quantitative estimate of drug-likeness (QED) is 0.514. The maximum atomic E-state index is 10.8. The van der Waals surface area contributed by atoms with E-state index in [1.807, 2.05) is 0 Å². The Bertz CT molecular complexity index is 463. The lowest BCUT2D eigenvalue weighted by Gasteiger charge is -2.18. The van der Waals surface area contributed by atoms with E-state index < -0.39 is 17.1 Å². The largest absolute Gasteiger partial charge is 0.390 e. The third kappa shape index (κ3) is 4.31. The minimum Gasteiger partial charge on any atom is -0.390 e. The molecule has 0 fully saturated rings. The van der Waals surface area contributed by atoms with Crippen LogP contribution in [-0.4, -0.2) is 33.7 Å². The SMILES string of the molecule is CC(=O)NCCC(O)C(O)c1ccccc1[N+](=O)[O-]. The van der Waals surface area contributed by atoms with E-state index in [4.69, 9.17) is 0 Å². The Morgan fingerprint density at radius 2 is 2.05 bits per heavy atom. The summed E-state index contributed by atoms with van der Waals surface area (Å²) < 4.78 is 0. The van der Waals surface area contributed by atoms with Crippen molar-refractivity contribution in [3.8, 4) is 0 Å². The lowest BCUT2D eigenvalue weighted by atomic mass is 10.0. The fourth-order valence-corrected chi connectivity index (χ4v) is 1.67. The first-order valence-corrected chi connectivity index (χ1v) is 5.77. The summed E-state index contributed by atoms with van der Waals surface area (Å²) in [7, 11) is 0. The van der Waals surface area contributed by atoms with Crippen LogP contribution in [0.25, 0.3) is 0 Å². The van der Waals surface area contributed by atoms with E-state index in [2.05, 4.69) is 5.32 Å². The number of nitrogens with zero attached hydrogens (tertiary/aromatic N) is 1. The molecule has 0 saturated heterocycles. The van der Waals surface area contributed by atoms with Crippen LogP contribution in [0.1, 0.15) is 25.0 Å². The molecule has 1 amide bonds. The van der Waals surface area contributed by atoms with Gasteiger partial charge >= 0.3 is 0 Å². The zero-order chi connectivity index (χ0) is 14.4. The Balaban J connectivity index is 2.73. The molecule has 2 atom stereocenters. The van der Waals surface area contributed by atoms with Crippen molar-refractivity contribution in [2.24, 2.45) is 0 Å². The van der Waals surface area contributed by atoms with Crippen LogP contribution in [-0.2, 0) is 4.79 Å². The number of nitro benzene ring substituents is 1. The number of aliphatic hydroxyl groups is 2. The second kappa shape index (κ2) is 6.81. The van der Waals surface area contributed by atoms with Gasteiger partial charge in [0, 0.05) is 19.5 Å². The van der Waals surface area contributed by atoms with Gasteiger partial charge in [0.15, 0.2) is 0 Å². The van der Waals surface area contributed by atoms with Gasteiger partial charge in [0.25, 0.3) is 5.69 Å². The number of amides is 1. The number of benzene rings is 1. The number of carbonyl (C=O) groups is 1. The van der Waals surface area contributed by atoms with Crippen molar-refractivity contribution in [2.45, 2.75) is 25.6 Å². The standard InChI is InChI=1S/C12H16N2O5/c1-8(15)13-7-6-11(16)12(17)9-4-2-3-5-10(9)14(18)19/h2-5,11-12,16-17H,6-7H2,1H3,(H,13,15). The fourth-order valence-electron chi connectivity index (χ4n) is 1.67. The van der Waals surface area contributed by atoms with E-state index in [1.54, 1.807) is 6.07 Å². The molecule has 0 spiro atoms. The molecule has 0 radical (unpaired) electrons. The molecule has 3 N–H and O–H groups in total. The first-order valence-electron chi connectivity index (χ1n) is 5.77. The van der Waals surface area contributed by atoms with Crippen LogP contribution in [0.2, 0.25) is 0 Å². The van der Waals surface area contributed by atoms with Gasteiger partial charge in [0.2, 0.25) is 5.91 Å². The van der Waals surface area contributed by atoms with Crippen molar-refractivity contribution >= 4 is 11.6 Å². The Morgan fingerprint density at radius 3 is 2.63 bits per heavy atom. The van der Waals surface area contributed by atoms with Crippen molar-refractivity contribution in [1.82, 2.24) is 5.32 Å². The molecule has 1 aromatic carbocycles. The molecule has 0 aliphatic heterocycles. The minimum absolute atomic E-state index is 0.0582. The van der Waals surface area contributed by atoms with Crippen LogP contribution in [0, 0.1) is 10.1 Å². The zero-order valence-corrected chi connectivity index (χ0v) is 10.4. The van der Waals surface area contributed by atoms with Crippen molar-refractivity contribution in [1.29, 1.82) is 0 Å². The number of rotatable bonds is 6. The van der Waals surface area contributed by atoms with Crippen molar-refractivity contribution < 1.29 is 19.9 Å². The Morgan fingerprint density at radius 1 is 1.42 bits per heavy atom. The van der Waals surface area contributed by atoms with Gasteiger partial charge in [-0.1, -0.05) is 12.1 Å². The van der Waals surface area contributed by atoms with Gasteiger partial charge in [-0.3, -0.25) is 14.9 Å². The first-order chi connectivity index (χ1) is 8.93. The van der Waals surface area contributed by atoms with Crippen LogP contribution >= 0.6 is 0 Å². The van der Waals surface area contributed by atoms with Crippen LogP contribution in [0.5, 0.6) is 0 Å². The molecule has 7 nitrogen and oxygen atoms in total. The highest BCUT2D eigenvalue weighted by atomic mass is 16.6. The molecule has 0 bridgehead atoms. The summed E-state index contributed by atoms with van der Waals surface area (Å²) in [5, 5.41) is 33.0. The van der Waals surface area contributed by atoms with Crippen LogP contribution < -0.4 is 5.32 Å².